The van der Waals surface area contributed by atoms with E-state index in [9.17, 15) is 4.79 Å². The second-order valence-corrected chi connectivity index (χ2v) is 8.17. The van der Waals surface area contributed by atoms with Crippen molar-refractivity contribution in [3.05, 3.63) is 40.8 Å². The first-order valence-electron chi connectivity index (χ1n) is 8.87. The number of esters is 1. The number of nitrogens with one attached hydrogen (secondary N) is 1. The molecular formula is C20H24N2O2S2. The van der Waals surface area contributed by atoms with Gasteiger partial charge in [0, 0.05) is 23.0 Å². The van der Waals surface area contributed by atoms with Crippen LogP contribution in [0.4, 0.5) is 5.00 Å². The topological polar surface area (TPSA) is 41.6 Å². The van der Waals surface area contributed by atoms with Gasteiger partial charge in [0.2, 0.25) is 0 Å². The first-order chi connectivity index (χ1) is 12.5. The van der Waals surface area contributed by atoms with E-state index in [0.29, 0.717) is 16.7 Å². The number of hydrogen-bond acceptors (Lipinski definition) is 4. The fraction of sp³-hybridized carbons (Fsp3) is 0.400. The normalized spacial score (nSPS) is 17.0. The molecule has 1 atom stereocenters. The van der Waals surface area contributed by atoms with Crippen molar-refractivity contribution >= 4 is 39.6 Å². The number of ether oxygens (including phenoxy) is 1. The predicted octanol–water partition coefficient (Wildman–Crippen LogP) is 5.08. The molecule has 0 saturated carbocycles. The minimum atomic E-state index is -0.342. The molecule has 2 heterocycles. The van der Waals surface area contributed by atoms with E-state index in [2.05, 4.69) is 17.1 Å². The van der Waals surface area contributed by atoms with E-state index < -0.39 is 0 Å². The largest absolute Gasteiger partial charge is 0.465 e. The van der Waals surface area contributed by atoms with Crippen LogP contribution in [-0.4, -0.2) is 35.7 Å². The van der Waals surface area contributed by atoms with Crippen molar-refractivity contribution < 1.29 is 9.53 Å². The molecular weight excluding hydrogens is 364 g/mol. The van der Waals surface area contributed by atoms with Crippen LogP contribution in [0.5, 0.6) is 0 Å². The number of anilines is 1. The Labute approximate surface area is 164 Å². The van der Waals surface area contributed by atoms with Gasteiger partial charge in [0.15, 0.2) is 5.11 Å². The summed E-state index contributed by atoms with van der Waals surface area (Å²) in [7, 11) is 1.42. The van der Waals surface area contributed by atoms with Gasteiger partial charge in [-0.05, 0) is 50.9 Å². The molecule has 1 aromatic heterocycles. The van der Waals surface area contributed by atoms with Gasteiger partial charge in [-0.15, -0.1) is 11.3 Å². The van der Waals surface area contributed by atoms with Gasteiger partial charge < -0.3 is 15.0 Å². The Balaban J connectivity index is 1.97. The molecule has 0 amide bonds. The molecule has 26 heavy (non-hydrogen) atoms. The number of hydrogen-bond donors (Lipinski definition) is 1. The van der Waals surface area contributed by atoms with Gasteiger partial charge in [-0.3, -0.25) is 0 Å². The first kappa shape index (κ1) is 18.9. The zero-order valence-electron chi connectivity index (χ0n) is 15.4. The number of aryl methyl sites for hydroxylation is 1. The van der Waals surface area contributed by atoms with Crippen molar-refractivity contribution in [2.24, 2.45) is 0 Å². The Morgan fingerprint density at radius 2 is 2.04 bits per heavy atom. The number of carbonyl (C=O) groups is 1. The SMILES string of the molecule is COC(=O)c1c(NC(=S)N2CCCCC2C)sc(C)c1-c1ccccc1. The predicted molar refractivity (Wildman–Crippen MR) is 112 cm³/mol. The standard InChI is InChI=1S/C20H24N2O2S2/c1-13-9-7-8-12-22(13)20(25)21-18-17(19(23)24-3)16(14(2)26-18)15-10-5-4-6-11-15/h4-6,10-11,13H,7-9,12H2,1-3H3,(H,21,25). The lowest BCUT2D eigenvalue weighted by atomic mass is 10.0. The molecule has 4 nitrogen and oxygen atoms in total. The molecule has 1 aliphatic rings. The van der Waals surface area contributed by atoms with E-state index in [0.717, 1.165) is 40.4 Å². The summed E-state index contributed by atoms with van der Waals surface area (Å²) in [4.78, 5) is 15.8. The van der Waals surface area contributed by atoms with Crippen LogP contribution in [0.1, 0.15) is 41.4 Å². The molecule has 2 aromatic rings. The zero-order valence-corrected chi connectivity index (χ0v) is 17.0. The lowest BCUT2D eigenvalue weighted by Gasteiger charge is -2.35. The van der Waals surface area contributed by atoms with E-state index >= 15 is 0 Å². The number of benzene rings is 1. The van der Waals surface area contributed by atoms with E-state index in [1.54, 1.807) is 11.3 Å². The van der Waals surface area contributed by atoms with Crippen LogP contribution in [0.2, 0.25) is 0 Å². The maximum Gasteiger partial charge on any atom is 0.341 e. The number of piperidine rings is 1. The fourth-order valence-electron chi connectivity index (χ4n) is 3.45. The van der Waals surface area contributed by atoms with Crippen molar-refractivity contribution in [2.45, 2.75) is 39.2 Å². The minimum Gasteiger partial charge on any atom is -0.465 e. The highest BCUT2D eigenvalue weighted by molar-refractivity contribution is 7.80. The summed E-state index contributed by atoms with van der Waals surface area (Å²) in [5.74, 6) is -0.342. The van der Waals surface area contributed by atoms with Gasteiger partial charge in [-0.1, -0.05) is 30.3 Å². The number of rotatable bonds is 3. The highest BCUT2D eigenvalue weighted by Gasteiger charge is 2.27. The monoisotopic (exact) mass is 388 g/mol. The first-order valence-corrected chi connectivity index (χ1v) is 10.1. The number of likely N-dealkylation sites (tertiary alicyclic amines) is 1. The van der Waals surface area contributed by atoms with Crippen molar-refractivity contribution in [1.82, 2.24) is 4.90 Å². The zero-order chi connectivity index (χ0) is 18.7. The highest BCUT2D eigenvalue weighted by atomic mass is 32.1. The second kappa shape index (κ2) is 8.18. The molecule has 1 unspecified atom stereocenters. The minimum absolute atomic E-state index is 0.342. The number of thiocarbonyl (C=S) groups is 1. The van der Waals surface area contributed by atoms with Crippen molar-refractivity contribution in [3.8, 4) is 11.1 Å². The molecule has 0 aliphatic carbocycles. The molecule has 138 valence electrons. The number of thiophene rings is 1. The second-order valence-electron chi connectivity index (χ2n) is 6.56. The van der Waals surface area contributed by atoms with Gasteiger partial charge in [-0.2, -0.15) is 0 Å². The molecule has 1 N–H and O–H groups in total. The Bertz CT molecular complexity index is 802. The quantitative estimate of drug-likeness (QED) is 0.586. The van der Waals surface area contributed by atoms with Crippen molar-refractivity contribution in [3.63, 3.8) is 0 Å². The van der Waals surface area contributed by atoms with Crippen LogP contribution >= 0.6 is 23.6 Å². The summed E-state index contributed by atoms with van der Waals surface area (Å²) in [5, 5.41) is 4.78. The van der Waals surface area contributed by atoms with Crippen LogP contribution in [0.3, 0.4) is 0 Å². The Morgan fingerprint density at radius 1 is 1.31 bits per heavy atom. The average molecular weight is 389 g/mol. The summed E-state index contributed by atoms with van der Waals surface area (Å²) in [6.45, 7) is 5.18. The molecule has 1 saturated heterocycles. The van der Waals surface area contributed by atoms with Gasteiger partial charge in [0.25, 0.3) is 0 Å². The number of carbonyl (C=O) groups excluding carboxylic acids is 1. The molecule has 0 spiro atoms. The van der Waals surface area contributed by atoms with Gasteiger partial charge in [0.05, 0.1) is 7.11 Å². The van der Waals surface area contributed by atoms with Crippen LogP contribution in [0, 0.1) is 6.92 Å². The van der Waals surface area contributed by atoms with Crippen LogP contribution < -0.4 is 5.32 Å². The van der Waals surface area contributed by atoms with E-state index in [1.165, 1.54) is 13.5 Å². The molecule has 6 heteroatoms. The fourth-order valence-corrected chi connectivity index (χ4v) is 4.95. The Kier molecular flexibility index (Phi) is 5.94. The third-order valence-electron chi connectivity index (χ3n) is 4.82. The lowest BCUT2D eigenvalue weighted by Crippen LogP contribution is -2.44. The number of nitrogens with zero attached hydrogens (tertiary/aromatic N) is 1. The Morgan fingerprint density at radius 3 is 2.69 bits per heavy atom. The summed E-state index contributed by atoms with van der Waals surface area (Å²) in [6.07, 6.45) is 3.53. The van der Waals surface area contributed by atoms with Crippen LogP contribution in [-0.2, 0) is 4.74 Å². The molecule has 3 rings (SSSR count). The maximum atomic E-state index is 12.6. The molecule has 1 fully saturated rings. The van der Waals surface area contributed by atoms with Crippen molar-refractivity contribution in [1.29, 1.82) is 0 Å². The van der Waals surface area contributed by atoms with E-state index in [-0.39, 0.29) is 5.97 Å². The van der Waals surface area contributed by atoms with Crippen molar-refractivity contribution in [2.75, 3.05) is 19.0 Å². The van der Waals surface area contributed by atoms with Crippen LogP contribution in [0.25, 0.3) is 11.1 Å². The number of methoxy groups -OCH3 is 1. The average Bonchev–Trinajstić information content (AvgIpc) is 2.97. The molecule has 1 aromatic carbocycles. The van der Waals surface area contributed by atoms with E-state index in [4.69, 9.17) is 17.0 Å². The summed E-state index contributed by atoms with van der Waals surface area (Å²) in [6, 6.07) is 10.4. The summed E-state index contributed by atoms with van der Waals surface area (Å²) < 4.78 is 5.07. The Hall–Kier alpha value is -1.92. The van der Waals surface area contributed by atoms with Crippen LogP contribution in [0.15, 0.2) is 30.3 Å². The van der Waals surface area contributed by atoms with E-state index in [1.807, 2.05) is 37.3 Å². The molecule has 1 aliphatic heterocycles. The highest BCUT2D eigenvalue weighted by Crippen LogP contribution is 2.40. The summed E-state index contributed by atoms with van der Waals surface area (Å²) >= 11 is 7.20. The van der Waals surface area contributed by atoms with Gasteiger partial charge in [0.1, 0.15) is 10.6 Å². The van der Waals surface area contributed by atoms with Gasteiger partial charge >= 0.3 is 5.97 Å². The third kappa shape index (κ3) is 3.76. The summed E-state index contributed by atoms with van der Waals surface area (Å²) in [5.41, 5.74) is 2.49. The lowest BCUT2D eigenvalue weighted by molar-refractivity contribution is 0.0603. The molecule has 0 bridgehead atoms. The maximum absolute atomic E-state index is 12.6. The molecule has 0 radical (unpaired) electrons. The smallest absolute Gasteiger partial charge is 0.341 e. The third-order valence-corrected chi connectivity index (χ3v) is 6.18. The van der Waals surface area contributed by atoms with Gasteiger partial charge in [-0.25, -0.2) is 4.79 Å².